The zero-order valence-corrected chi connectivity index (χ0v) is 18.5. The minimum absolute atomic E-state index is 0.0677. The number of fused-ring (bicyclic) bond motifs is 1. The fourth-order valence-electron chi connectivity index (χ4n) is 3.73. The average Bonchev–Trinajstić information content (AvgIpc) is 3.13. The van der Waals surface area contributed by atoms with Gasteiger partial charge in [0.1, 0.15) is 17.8 Å². The summed E-state index contributed by atoms with van der Waals surface area (Å²) in [6, 6.07) is 15.3. The topological polar surface area (TPSA) is 102 Å². The van der Waals surface area contributed by atoms with Gasteiger partial charge in [-0.3, -0.25) is 20.5 Å². The van der Waals surface area contributed by atoms with Crippen molar-refractivity contribution in [3.8, 4) is 5.75 Å². The molecule has 2 aliphatic heterocycles. The minimum Gasteiger partial charge on any atom is -0.497 e. The predicted molar refractivity (Wildman–Crippen MR) is 126 cm³/mol. The van der Waals surface area contributed by atoms with E-state index >= 15 is 0 Å². The molecular weight excluding hydrogens is 412 g/mol. The summed E-state index contributed by atoms with van der Waals surface area (Å²) in [7, 11) is 1.62. The van der Waals surface area contributed by atoms with Gasteiger partial charge in [-0.05, 0) is 55.8 Å². The maximum absolute atomic E-state index is 12.6. The summed E-state index contributed by atoms with van der Waals surface area (Å²) in [6.45, 7) is 4.01. The number of carbonyl (C=O) groups excluding carboxylic acids is 1. The number of nitrogens with one attached hydrogen (secondary N) is 4. The quantitative estimate of drug-likeness (QED) is 0.573. The number of methoxy groups -OCH3 is 1. The molecule has 2 heterocycles. The first-order chi connectivity index (χ1) is 15.0. The highest BCUT2D eigenvalue weighted by Crippen LogP contribution is 2.32. The van der Waals surface area contributed by atoms with E-state index in [1.165, 1.54) is 11.8 Å². The molecule has 1 fully saturated rings. The molecule has 1 amide bonds. The Morgan fingerprint density at radius 2 is 2.03 bits per heavy atom. The van der Waals surface area contributed by atoms with Crippen LogP contribution in [0.1, 0.15) is 12.5 Å². The van der Waals surface area contributed by atoms with Crippen LogP contribution in [0.15, 0.2) is 53.5 Å². The Hall–Kier alpha value is -2.88. The summed E-state index contributed by atoms with van der Waals surface area (Å²) in [5, 5.41) is 12.4. The van der Waals surface area contributed by atoms with Crippen molar-refractivity contribution in [1.29, 1.82) is 5.41 Å². The van der Waals surface area contributed by atoms with Gasteiger partial charge in [0.15, 0.2) is 5.17 Å². The minimum atomic E-state index is -0.237. The number of thioether (sulfide) groups is 1. The van der Waals surface area contributed by atoms with Crippen molar-refractivity contribution in [2.75, 3.05) is 23.1 Å². The van der Waals surface area contributed by atoms with Gasteiger partial charge in [0.2, 0.25) is 5.91 Å². The zero-order valence-electron chi connectivity index (χ0n) is 17.7. The Kier molecular flexibility index (Phi) is 6.26. The van der Waals surface area contributed by atoms with Crippen molar-refractivity contribution in [2.45, 2.75) is 26.1 Å². The Morgan fingerprint density at radius 1 is 1.26 bits per heavy atom. The maximum atomic E-state index is 12.6. The van der Waals surface area contributed by atoms with Gasteiger partial charge in [0, 0.05) is 17.4 Å². The SMILES string of the molecule is COc1ccc(N2C(=N)C3C(C)NNC3N=C2SCC(=O)Nc2cccc(C)c2)cc1. The van der Waals surface area contributed by atoms with E-state index < -0.39 is 0 Å². The van der Waals surface area contributed by atoms with Crippen LogP contribution in [0.5, 0.6) is 5.75 Å². The lowest BCUT2D eigenvalue weighted by molar-refractivity contribution is -0.113. The molecule has 31 heavy (non-hydrogen) atoms. The lowest BCUT2D eigenvalue weighted by Crippen LogP contribution is -2.50. The lowest BCUT2D eigenvalue weighted by atomic mass is 9.97. The molecule has 2 aromatic carbocycles. The normalized spacial score (nSPS) is 22.7. The highest BCUT2D eigenvalue weighted by atomic mass is 32.2. The van der Waals surface area contributed by atoms with E-state index in [-0.39, 0.29) is 29.8 Å². The molecule has 4 rings (SSSR count). The van der Waals surface area contributed by atoms with E-state index in [1.807, 2.05) is 67.3 Å². The van der Waals surface area contributed by atoms with E-state index in [4.69, 9.17) is 15.1 Å². The molecule has 3 unspecified atom stereocenters. The number of hydrogen-bond donors (Lipinski definition) is 4. The monoisotopic (exact) mass is 438 g/mol. The Morgan fingerprint density at radius 3 is 2.74 bits per heavy atom. The number of carbonyl (C=O) groups is 1. The molecule has 2 aromatic rings. The molecule has 0 aromatic heterocycles. The lowest BCUT2D eigenvalue weighted by Gasteiger charge is -2.35. The van der Waals surface area contributed by atoms with Gasteiger partial charge in [-0.15, -0.1) is 0 Å². The van der Waals surface area contributed by atoms with Crippen molar-refractivity contribution < 1.29 is 9.53 Å². The maximum Gasteiger partial charge on any atom is 0.234 e. The number of amides is 1. The van der Waals surface area contributed by atoms with Crippen LogP contribution in [0.3, 0.4) is 0 Å². The highest BCUT2D eigenvalue weighted by molar-refractivity contribution is 8.14. The summed E-state index contributed by atoms with van der Waals surface area (Å²) < 4.78 is 5.26. The van der Waals surface area contributed by atoms with Gasteiger partial charge in [-0.2, -0.15) is 0 Å². The van der Waals surface area contributed by atoms with Crippen LogP contribution in [0.2, 0.25) is 0 Å². The number of anilines is 2. The van der Waals surface area contributed by atoms with Crippen LogP contribution in [0, 0.1) is 18.3 Å². The van der Waals surface area contributed by atoms with Crippen LogP contribution >= 0.6 is 11.8 Å². The van der Waals surface area contributed by atoms with Gasteiger partial charge in [-0.1, -0.05) is 23.9 Å². The number of benzene rings is 2. The first-order valence-corrected chi connectivity index (χ1v) is 11.1. The molecule has 0 aliphatic carbocycles. The van der Waals surface area contributed by atoms with Crippen LogP contribution in [0.4, 0.5) is 11.4 Å². The van der Waals surface area contributed by atoms with E-state index in [0.29, 0.717) is 11.0 Å². The van der Waals surface area contributed by atoms with Gasteiger partial charge in [0.05, 0.1) is 18.8 Å². The number of aliphatic imine (C=N–C) groups is 1. The fourth-order valence-corrected chi connectivity index (χ4v) is 4.58. The molecule has 0 spiro atoms. The highest BCUT2D eigenvalue weighted by Gasteiger charge is 2.43. The van der Waals surface area contributed by atoms with E-state index in [1.54, 1.807) is 7.11 Å². The van der Waals surface area contributed by atoms with Crippen molar-refractivity contribution >= 4 is 40.0 Å². The van der Waals surface area contributed by atoms with Crippen molar-refractivity contribution in [3.63, 3.8) is 0 Å². The third-order valence-electron chi connectivity index (χ3n) is 5.30. The third kappa shape index (κ3) is 4.58. The molecule has 9 heteroatoms. The van der Waals surface area contributed by atoms with Gasteiger partial charge in [0.25, 0.3) is 0 Å². The van der Waals surface area contributed by atoms with Crippen molar-refractivity contribution in [3.05, 3.63) is 54.1 Å². The van der Waals surface area contributed by atoms with E-state index in [9.17, 15) is 4.79 Å². The third-order valence-corrected chi connectivity index (χ3v) is 6.25. The zero-order chi connectivity index (χ0) is 22.0. The largest absolute Gasteiger partial charge is 0.497 e. The number of ether oxygens (including phenoxy) is 1. The molecular formula is C22H26N6O2S. The Balaban J connectivity index is 1.54. The number of aryl methyl sites for hydroxylation is 1. The second kappa shape index (κ2) is 9.09. The van der Waals surface area contributed by atoms with Crippen LogP contribution in [0.25, 0.3) is 0 Å². The standard InChI is InChI=1S/C22H26N6O2S/c1-13-5-4-6-15(11-13)24-18(29)12-31-22-25-21-19(14(2)26-27-21)20(23)28(22)16-7-9-17(30-3)10-8-16/h4-11,14,19,21,23,26-27H,12H2,1-3H3,(H,24,29). The molecule has 2 aliphatic rings. The van der Waals surface area contributed by atoms with Crippen LogP contribution < -0.4 is 25.8 Å². The molecule has 4 N–H and O–H groups in total. The van der Waals surface area contributed by atoms with Gasteiger partial charge >= 0.3 is 0 Å². The second-order valence-corrected chi connectivity index (χ2v) is 8.53. The first kappa shape index (κ1) is 21.4. The second-order valence-electron chi connectivity index (χ2n) is 7.58. The summed E-state index contributed by atoms with van der Waals surface area (Å²) >= 11 is 1.32. The molecule has 8 nitrogen and oxygen atoms in total. The number of hydrazine groups is 1. The summed E-state index contributed by atoms with van der Waals surface area (Å²) in [6.07, 6.45) is -0.237. The first-order valence-electron chi connectivity index (χ1n) is 10.1. The van der Waals surface area contributed by atoms with E-state index in [0.717, 1.165) is 22.7 Å². The number of hydrogen-bond acceptors (Lipinski definition) is 7. The van der Waals surface area contributed by atoms with Gasteiger partial charge in [-0.25, -0.2) is 10.4 Å². The molecule has 0 radical (unpaired) electrons. The number of nitrogens with zero attached hydrogens (tertiary/aromatic N) is 2. The smallest absolute Gasteiger partial charge is 0.234 e. The summed E-state index contributed by atoms with van der Waals surface area (Å²) in [4.78, 5) is 19.2. The molecule has 3 atom stereocenters. The van der Waals surface area contributed by atoms with Gasteiger partial charge < -0.3 is 10.1 Å². The molecule has 1 saturated heterocycles. The Bertz CT molecular complexity index is 1010. The molecule has 162 valence electrons. The Labute approximate surface area is 185 Å². The van der Waals surface area contributed by atoms with Crippen LogP contribution in [-0.4, -0.2) is 42.0 Å². The summed E-state index contributed by atoms with van der Waals surface area (Å²) in [5.41, 5.74) is 8.99. The van der Waals surface area contributed by atoms with E-state index in [2.05, 4.69) is 16.2 Å². The van der Waals surface area contributed by atoms with Crippen molar-refractivity contribution in [1.82, 2.24) is 10.9 Å². The fraction of sp³-hybridized carbons (Fsp3) is 0.318. The average molecular weight is 439 g/mol. The summed E-state index contributed by atoms with van der Waals surface area (Å²) in [5.74, 6) is 1.15. The molecule has 0 saturated carbocycles. The number of amidine groups is 2. The number of rotatable bonds is 5. The van der Waals surface area contributed by atoms with Crippen molar-refractivity contribution in [2.24, 2.45) is 10.9 Å². The predicted octanol–water partition coefficient (Wildman–Crippen LogP) is 2.97. The van der Waals surface area contributed by atoms with Crippen LogP contribution in [-0.2, 0) is 4.79 Å². The molecule has 0 bridgehead atoms.